The molecule has 1 aliphatic rings. The first-order chi connectivity index (χ1) is 11.1. The molecule has 0 saturated carbocycles. The minimum atomic E-state index is -0.191. The van der Waals surface area contributed by atoms with E-state index in [4.69, 9.17) is 10.2 Å². The van der Waals surface area contributed by atoms with Crippen LogP contribution in [-0.2, 0) is 12.8 Å². The van der Waals surface area contributed by atoms with E-state index in [0.717, 1.165) is 22.7 Å². The molecule has 23 heavy (non-hydrogen) atoms. The second-order valence-electron chi connectivity index (χ2n) is 5.98. The van der Waals surface area contributed by atoms with Gasteiger partial charge in [-0.1, -0.05) is 28.1 Å². The summed E-state index contributed by atoms with van der Waals surface area (Å²) >= 11 is 3.41. The lowest BCUT2D eigenvalue weighted by molar-refractivity contribution is 0.101. The average Bonchev–Trinajstić information content (AvgIpc) is 2.89. The van der Waals surface area contributed by atoms with Crippen molar-refractivity contribution >= 4 is 38.4 Å². The number of benzene rings is 2. The average molecular weight is 370 g/mol. The Morgan fingerprint density at radius 3 is 2.52 bits per heavy atom. The number of rotatable bonds is 2. The zero-order chi connectivity index (χ0) is 16.0. The molecule has 4 rings (SSSR count). The molecule has 0 saturated heterocycles. The topological polar surface area (TPSA) is 56.2 Å². The summed E-state index contributed by atoms with van der Waals surface area (Å²) in [6.45, 7) is 0. The van der Waals surface area contributed by atoms with Crippen LogP contribution in [0.4, 0.5) is 5.69 Å². The highest BCUT2D eigenvalue weighted by Gasteiger charge is 2.23. The molecule has 116 valence electrons. The maximum atomic E-state index is 12.8. The summed E-state index contributed by atoms with van der Waals surface area (Å²) in [5.41, 5.74) is 10.6. The van der Waals surface area contributed by atoms with Crippen LogP contribution in [0.1, 0.15) is 40.1 Å². The first kappa shape index (κ1) is 14.5. The Morgan fingerprint density at radius 2 is 1.78 bits per heavy atom. The number of nitrogen functional groups attached to an aromatic ring is 1. The van der Waals surface area contributed by atoms with Crippen LogP contribution in [0.25, 0.3) is 11.0 Å². The van der Waals surface area contributed by atoms with Gasteiger partial charge in [0.15, 0.2) is 5.76 Å². The van der Waals surface area contributed by atoms with Crippen molar-refractivity contribution in [3.8, 4) is 0 Å². The molecule has 0 atom stereocenters. The number of aryl methyl sites for hydroxylation is 2. The van der Waals surface area contributed by atoms with Crippen LogP contribution in [0.5, 0.6) is 0 Å². The molecule has 4 heteroatoms. The predicted molar refractivity (Wildman–Crippen MR) is 94.8 cm³/mol. The number of ketones is 1. The zero-order valence-electron chi connectivity index (χ0n) is 12.6. The van der Waals surface area contributed by atoms with Crippen LogP contribution >= 0.6 is 15.9 Å². The number of nitrogens with two attached hydrogens (primary N) is 1. The molecular weight excluding hydrogens is 354 g/mol. The Bertz CT molecular complexity index is 927. The molecule has 0 bridgehead atoms. The molecular formula is C19H16BrNO2. The summed E-state index contributed by atoms with van der Waals surface area (Å²) in [4.78, 5) is 12.8. The maximum Gasteiger partial charge on any atom is 0.231 e. The minimum Gasteiger partial charge on any atom is -0.450 e. The molecule has 3 aromatic rings. The summed E-state index contributed by atoms with van der Waals surface area (Å²) in [6, 6.07) is 11.5. The maximum absolute atomic E-state index is 12.8. The normalized spacial score (nSPS) is 14.0. The van der Waals surface area contributed by atoms with Gasteiger partial charge in [-0.05, 0) is 61.1 Å². The number of furan rings is 1. The summed E-state index contributed by atoms with van der Waals surface area (Å²) < 4.78 is 6.58. The number of fused-ring (bicyclic) bond motifs is 2. The smallest absolute Gasteiger partial charge is 0.231 e. The lowest BCUT2D eigenvalue weighted by atomic mass is 9.90. The monoisotopic (exact) mass is 369 g/mol. The number of halogens is 1. The molecule has 2 N–H and O–H groups in total. The van der Waals surface area contributed by atoms with Gasteiger partial charge in [0.05, 0.1) is 5.69 Å². The van der Waals surface area contributed by atoms with Gasteiger partial charge < -0.3 is 10.2 Å². The fraction of sp³-hybridized carbons (Fsp3) is 0.211. The van der Waals surface area contributed by atoms with Gasteiger partial charge in [-0.15, -0.1) is 0 Å². The number of hydrogen-bond donors (Lipinski definition) is 1. The molecule has 0 fully saturated rings. The van der Waals surface area contributed by atoms with Crippen LogP contribution in [0.3, 0.4) is 0 Å². The van der Waals surface area contributed by atoms with E-state index in [2.05, 4.69) is 28.1 Å². The molecule has 1 aliphatic carbocycles. The largest absolute Gasteiger partial charge is 0.450 e. The molecule has 0 amide bonds. The van der Waals surface area contributed by atoms with E-state index in [-0.39, 0.29) is 11.5 Å². The van der Waals surface area contributed by atoms with Gasteiger partial charge >= 0.3 is 0 Å². The van der Waals surface area contributed by atoms with E-state index in [1.807, 2.05) is 18.2 Å². The third kappa shape index (κ3) is 2.38. The molecule has 1 heterocycles. The standard InChI is InChI=1S/C19H16BrNO2/c20-15-8-4-3-7-13(15)18(22)19-17(21)14-9-11-5-1-2-6-12(11)10-16(14)23-19/h3-4,7-10H,1-2,5-6,21H2. The fourth-order valence-electron chi connectivity index (χ4n) is 3.28. The molecule has 1 aromatic heterocycles. The summed E-state index contributed by atoms with van der Waals surface area (Å²) in [5, 5.41) is 0.848. The number of carbonyl (C=O) groups is 1. The second kappa shape index (κ2) is 5.53. The van der Waals surface area contributed by atoms with Crippen LogP contribution < -0.4 is 5.73 Å². The molecule has 0 spiro atoms. The number of hydrogen-bond acceptors (Lipinski definition) is 3. The third-order valence-corrected chi connectivity index (χ3v) is 5.21. The second-order valence-corrected chi connectivity index (χ2v) is 6.83. The van der Waals surface area contributed by atoms with Gasteiger partial charge in [0, 0.05) is 15.4 Å². The molecule has 0 aliphatic heterocycles. The van der Waals surface area contributed by atoms with Gasteiger partial charge in [-0.25, -0.2) is 0 Å². The molecule has 0 radical (unpaired) electrons. The van der Waals surface area contributed by atoms with Crippen LogP contribution in [-0.4, -0.2) is 5.78 Å². The van der Waals surface area contributed by atoms with Crippen molar-refractivity contribution in [2.75, 3.05) is 5.73 Å². The SMILES string of the molecule is Nc1c(C(=O)c2ccccc2Br)oc2cc3c(cc12)CCCC3. The van der Waals surface area contributed by atoms with E-state index in [9.17, 15) is 4.79 Å². The van der Waals surface area contributed by atoms with E-state index in [1.54, 1.807) is 6.07 Å². The Morgan fingerprint density at radius 1 is 1.09 bits per heavy atom. The summed E-state index contributed by atoms with van der Waals surface area (Å²) in [6.07, 6.45) is 4.55. The van der Waals surface area contributed by atoms with Crippen molar-refractivity contribution in [1.29, 1.82) is 0 Å². The highest BCUT2D eigenvalue weighted by molar-refractivity contribution is 9.10. The fourth-order valence-corrected chi connectivity index (χ4v) is 3.75. The summed E-state index contributed by atoms with van der Waals surface area (Å²) in [5.74, 6) is 0.0402. The van der Waals surface area contributed by atoms with Gasteiger partial charge in [0.2, 0.25) is 5.78 Å². The highest BCUT2D eigenvalue weighted by atomic mass is 79.9. The summed E-state index contributed by atoms with van der Waals surface area (Å²) in [7, 11) is 0. The van der Waals surface area contributed by atoms with Crippen molar-refractivity contribution in [3.05, 3.63) is 63.3 Å². The molecule has 3 nitrogen and oxygen atoms in total. The zero-order valence-corrected chi connectivity index (χ0v) is 14.2. The van der Waals surface area contributed by atoms with Crippen molar-refractivity contribution in [1.82, 2.24) is 0 Å². The van der Waals surface area contributed by atoms with Crippen molar-refractivity contribution in [2.45, 2.75) is 25.7 Å². The minimum absolute atomic E-state index is 0.191. The Labute approximate surface area is 142 Å². The quantitative estimate of drug-likeness (QED) is 0.654. The van der Waals surface area contributed by atoms with E-state index in [1.165, 1.54) is 24.0 Å². The first-order valence-electron chi connectivity index (χ1n) is 7.78. The number of anilines is 1. The lowest BCUT2D eigenvalue weighted by Gasteiger charge is -2.14. The number of carbonyl (C=O) groups excluding carboxylic acids is 1. The highest BCUT2D eigenvalue weighted by Crippen LogP contribution is 2.35. The van der Waals surface area contributed by atoms with E-state index < -0.39 is 0 Å². The van der Waals surface area contributed by atoms with Crippen LogP contribution in [0, 0.1) is 0 Å². The van der Waals surface area contributed by atoms with Crippen molar-refractivity contribution in [3.63, 3.8) is 0 Å². The lowest BCUT2D eigenvalue weighted by Crippen LogP contribution is -2.04. The van der Waals surface area contributed by atoms with E-state index in [0.29, 0.717) is 16.8 Å². The van der Waals surface area contributed by atoms with Gasteiger partial charge in [0.1, 0.15) is 5.58 Å². The Balaban J connectivity index is 1.86. The molecule has 0 unspecified atom stereocenters. The Hall–Kier alpha value is -2.07. The van der Waals surface area contributed by atoms with Gasteiger partial charge in [-0.3, -0.25) is 4.79 Å². The van der Waals surface area contributed by atoms with Gasteiger partial charge in [-0.2, -0.15) is 0 Å². The van der Waals surface area contributed by atoms with Crippen LogP contribution in [0.2, 0.25) is 0 Å². The molecule has 2 aromatic carbocycles. The van der Waals surface area contributed by atoms with Gasteiger partial charge in [0.25, 0.3) is 0 Å². The predicted octanol–water partition coefficient (Wildman–Crippen LogP) is 4.89. The van der Waals surface area contributed by atoms with Crippen LogP contribution in [0.15, 0.2) is 45.3 Å². The third-order valence-electron chi connectivity index (χ3n) is 4.52. The Kier molecular flexibility index (Phi) is 3.49. The van der Waals surface area contributed by atoms with Crippen molar-refractivity contribution < 1.29 is 9.21 Å². The van der Waals surface area contributed by atoms with Crippen molar-refractivity contribution in [2.24, 2.45) is 0 Å². The first-order valence-corrected chi connectivity index (χ1v) is 8.57. The van der Waals surface area contributed by atoms with E-state index >= 15 is 0 Å².